The third-order valence-electron chi connectivity index (χ3n) is 8.15. The molecule has 0 fully saturated rings. The number of benzene rings is 3. The van der Waals surface area contributed by atoms with Gasteiger partial charge < -0.3 is 11.5 Å². The number of carbonyl (C=O) groups is 1. The Balaban J connectivity index is 1.49. The average Bonchev–Trinajstić information content (AvgIpc) is 3.45. The Morgan fingerprint density at radius 2 is 1.76 bits per heavy atom. The van der Waals surface area contributed by atoms with E-state index in [0.29, 0.717) is 5.56 Å². The zero-order valence-corrected chi connectivity index (χ0v) is 25.0. The summed E-state index contributed by atoms with van der Waals surface area (Å²) in [5.41, 5.74) is 22.5. The number of aliphatic imine (C=N–C) groups is 2. The zero-order chi connectivity index (χ0) is 29.8. The highest BCUT2D eigenvalue weighted by molar-refractivity contribution is 6.08. The van der Waals surface area contributed by atoms with Gasteiger partial charge >= 0.3 is 6.03 Å². The Kier molecular flexibility index (Phi) is 8.72. The number of urea groups is 1. The molecule has 6 nitrogen and oxygen atoms in total. The molecular weight excluding hydrogens is 518 g/mol. The number of unbranched alkanes of at least 4 members (excludes halogenated alkanes) is 1. The Hall–Kier alpha value is -4.45. The molecule has 2 aliphatic rings. The number of allylic oxidation sites excluding steroid dienone is 2. The Morgan fingerprint density at radius 1 is 1.02 bits per heavy atom. The van der Waals surface area contributed by atoms with Crippen molar-refractivity contribution in [1.82, 2.24) is 0 Å². The SMILES string of the molecule is C=C1C(Cc2ccc(-c3ccccc3/C(N)=N/C(N)=O)cc2)=C(CCCC)N=C(C(C)C)N1c1ccc2c(c1)CCC2. The summed E-state index contributed by atoms with van der Waals surface area (Å²) in [6.45, 7) is 11.3. The van der Waals surface area contributed by atoms with Crippen molar-refractivity contribution in [3.8, 4) is 11.1 Å². The lowest BCUT2D eigenvalue weighted by Crippen LogP contribution is -2.37. The van der Waals surface area contributed by atoms with Gasteiger partial charge in [0.1, 0.15) is 11.7 Å². The van der Waals surface area contributed by atoms with Gasteiger partial charge in [0.15, 0.2) is 0 Å². The molecule has 0 atom stereocenters. The van der Waals surface area contributed by atoms with E-state index >= 15 is 0 Å². The van der Waals surface area contributed by atoms with Crippen LogP contribution in [-0.4, -0.2) is 17.7 Å². The lowest BCUT2D eigenvalue weighted by Gasteiger charge is -2.36. The predicted molar refractivity (Wildman–Crippen MR) is 175 cm³/mol. The smallest absolute Gasteiger partial charge is 0.340 e. The number of hydrogen-bond acceptors (Lipinski definition) is 3. The largest absolute Gasteiger partial charge is 0.383 e. The number of carbonyl (C=O) groups excluding carboxylic acids is 1. The van der Waals surface area contributed by atoms with E-state index < -0.39 is 6.03 Å². The summed E-state index contributed by atoms with van der Waals surface area (Å²) in [6, 6.07) is 22.2. The van der Waals surface area contributed by atoms with E-state index in [9.17, 15) is 4.79 Å². The van der Waals surface area contributed by atoms with E-state index in [1.165, 1.54) is 35.1 Å². The van der Waals surface area contributed by atoms with E-state index in [-0.39, 0.29) is 11.8 Å². The van der Waals surface area contributed by atoms with Gasteiger partial charge in [-0.2, -0.15) is 4.99 Å². The maximum atomic E-state index is 11.3. The first kappa shape index (κ1) is 29.1. The minimum absolute atomic E-state index is 0.108. The van der Waals surface area contributed by atoms with Crippen LogP contribution in [0, 0.1) is 5.92 Å². The van der Waals surface area contributed by atoms with Gasteiger partial charge in [0.05, 0.1) is 0 Å². The van der Waals surface area contributed by atoms with Crippen LogP contribution in [0.1, 0.15) is 68.7 Å². The summed E-state index contributed by atoms with van der Waals surface area (Å²) in [5.74, 6) is 1.44. The molecule has 5 rings (SSSR count). The van der Waals surface area contributed by atoms with Gasteiger partial charge in [0, 0.05) is 40.6 Å². The fourth-order valence-corrected chi connectivity index (χ4v) is 5.97. The lowest BCUT2D eigenvalue weighted by molar-refractivity contribution is 0.256. The summed E-state index contributed by atoms with van der Waals surface area (Å²) < 4.78 is 0. The summed E-state index contributed by atoms with van der Waals surface area (Å²) in [4.78, 5) is 22.7. The van der Waals surface area contributed by atoms with Crippen LogP contribution in [0.25, 0.3) is 11.1 Å². The van der Waals surface area contributed by atoms with Crippen LogP contribution >= 0.6 is 0 Å². The first-order chi connectivity index (χ1) is 20.3. The number of primary amides is 1. The van der Waals surface area contributed by atoms with Crippen molar-refractivity contribution in [1.29, 1.82) is 0 Å². The van der Waals surface area contributed by atoms with Crippen molar-refractivity contribution in [3.05, 3.63) is 113 Å². The van der Waals surface area contributed by atoms with E-state index in [2.05, 4.69) is 79.7 Å². The molecule has 0 bridgehead atoms. The van der Waals surface area contributed by atoms with Gasteiger partial charge in [0.25, 0.3) is 0 Å². The molecule has 3 aromatic rings. The predicted octanol–water partition coefficient (Wildman–Crippen LogP) is 7.70. The van der Waals surface area contributed by atoms with Gasteiger partial charge in [-0.1, -0.05) is 88.4 Å². The van der Waals surface area contributed by atoms with Crippen molar-refractivity contribution in [2.24, 2.45) is 27.4 Å². The van der Waals surface area contributed by atoms with Crippen LogP contribution < -0.4 is 16.4 Å². The number of rotatable bonds is 9. The van der Waals surface area contributed by atoms with E-state index in [0.717, 1.165) is 66.1 Å². The fourth-order valence-electron chi connectivity index (χ4n) is 5.97. The normalized spacial score (nSPS) is 15.3. The van der Waals surface area contributed by atoms with Gasteiger partial charge in [0.2, 0.25) is 0 Å². The first-order valence-corrected chi connectivity index (χ1v) is 15.0. The number of nitrogens with zero attached hydrogens (tertiary/aromatic N) is 3. The molecule has 0 aromatic heterocycles. The molecule has 0 saturated heterocycles. The van der Waals surface area contributed by atoms with Gasteiger partial charge in [-0.05, 0) is 72.1 Å². The van der Waals surface area contributed by atoms with E-state index in [1.54, 1.807) is 0 Å². The summed E-state index contributed by atoms with van der Waals surface area (Å²) in [6.07, 6.45) is 7.40. The highest BCUT2D eigenvalue weighted by Crippen LogP contribution is 2.37. The van der Waals surface area contributed by atoms with Crippen molar-refractivity contribution in [3.63, 3.8) is 0 Å². The molecule has 0 unspecified atom stereocenters. The Morgan fingerprint density at radius 3 is 2.48 bits per heavy atom. The zero-order valence-electron chi connectivity index (χ0n) is 25.0. The molecule has 1 aliphatic heterocycles. The number of amidine groups is 2. The Bertz CT molecular complexity index is 1590. The second kappa shape index (κ2) is 12.6. The second-order valence-corrected chi connectivity index (χ2v) is 11.5. The first-order valence-electron chi connectivity index (χ1n) is 15.0. The number of anilines is 1. The number of aryl methyl sites for hydroxylation is 2. The lowest BCUT2D eigenvalue weighted by atomic mass is 9.93. The molecule has 2 amide bonds. The molecule has 42 heavy (non-hydrogen) atoms. The van der Waals surface area contributed by atoms with Crippen LogP contribution in [0.5, 0.6) is 0 Å². The van der Waals surface area contributed by atoms with Crippen LogP contribution in [0.4, 0.5) is 10.5 Å². The highest BCUT2D eigenvalue weighted by atomic mass is 16.2. The minimum atomic E-state index is -0.810. The van der Waals surface area contributed by atoms with Gasteiger partial charge in [-0.15, -0.1) is 0 Å². The molecule has 6 heteroatoms. The summed E-state index contributed by atoms with van der Waals surface area (Å²) in [5, 5.41) is 0. The minimum Gasteiger partial charge on any atom is -0.383 e. The standard InChI is InChI=1S/C36H41N5O/c1-5-6-14-33-32(24(4)41(35(39-33)23(2)3)29-20-19-26-10-9-11-28(26)22-29)21-25-15-17-27(18-16-25)30-12-7-8-13-31(30)34(37)40-36(38)42/h7-8,12-13,15-20,22-23H,4-6,9-11,14,21H2,1-3H3,(H4,37,38,40,42). The molecule has 216 valence electrons. The van der Waals surface area contributed by atoms with E-state index in [4.69, 9.17) is 16.5 Å². The molecule has 1 aliphatic carbocycles. The number of amides is 2. The molecule has 1 heterocycles. The highest BCUT2D eigenvalue weighted by Gasteiger charge is 2.29. The maximum absolute atomic E-state index is 11.3. The number of nitrogens with two attached hydrogens (primary N) is 2. The molecule has 4 N–H and O–H groups in total. The number of fused-ring (bicyclic) bond motifs is 1. The van der Waals surface area contributed by atoms with Crippen LogP contribution in [0.15, 0.2) is 100 Å². The fraction of sp³-hybridized carbons (Fsp3) is 0.306. The third-order valence-corrected chi connectivity index (χ3v) is 8.15. The molecule has 0 saturated carbocycles. The average molecular weight is 560 g/mol. The molecule has 0 radical (unpaired) electrons. The maximum Gasteiger partial charge on any atom is 0.340 e. The molecule has 0 spiro atoms. The van der Waals surface area contributed by atoms with Crippen molar-refractivity contribution >= 4 is 23.4 Å². The van der Waals surface area contributed by atoms with Crippen LogP contribution in [-0.2, 0) is 19.3 Å². The van der Waals surface area contributed by atoms with Crippen molar-refractivity contribution in [2.75, 3.05) is 4.90 Å². The third kappa shape index (κ3) is 6.08. The molecule has 3 aromatic carbocycles. The van der Waals surface area contributed by atoms with Crippen molar-refractivity contribution in [2.45, 2.75) is 65.7 Å². The van der Waals surface area contributed by atoms with E-state index in [1.807, 2.05) is 24.3 Å². The monoisotopic (exact) mass is 559 g/mol. The van der Waals surface area contributed by atoms with Gasteiger partial charge in [-0.3, -0.25) is 4.90 Å². The Labute approximate surface area is 249 Å². The summed E-state index contributed by atoms with van der Waals surface area (Å²) in [7, 11) is 0. The van der Waals surface area contributed by atoms with Crippen molar-refractivity contribution < 1.29 is 4.79 Å². The summed E-state index contributed by atoms with van der Waals surface area (Å²) >= 11 is 0. The van der Waals surface area contributed by atoms with Gasteiger partial charge in [-0.25, -0.2) is 9.79 Å². The molecular formula is C36H41N5O. The quantitative estimate of drug-likeness (QED) is 0.208. The van der Waals surface area contributed by atoms with Crippen LogP contribution in [0.2, 0.25) is 0 Å². The number of hydrogen-bond donors (Lipinski definition) is 2. The second-order valence-electron chi connectivity index (χ2n) is 11.5. The topological polar surface area (TPSA) is 97.1 Å². The van der Waals surface area contributed by atoms with Crippen LogP contribution in [0.3, 0.4) is 0 Å².